The van der Waals surface area contributed by atoms with Crippen LogP contribution in [0.5, 0.6) is 0 Å². The summed E-state index contributed by atoms with van der Waals surface area (Å²) in [6.07, 6.45) is 4.78. The van der Waals surface area contributed by atoms with Gasteiger partial charge in [0.25, 0.3) is 0 Å². The summed E-state index contributed by atoms with van der Waals surface area (Å²) >= 11 is 0. The summed E-state index contributed by atoms with van der Waals surface area (Å²) in [4.78, 5) is 4.09. The highest BCUT2D eigenvalue weighted by Gasteiger charge is 1.97. The van der Waals surface area contributed by atoms with Crippen molar-refractivity contribution in [3.63, 3.8) is 0 Å². The van der Waals surface area contributed by atoms with E-state index in [0.717, 1.165) is 19.5 Å². The second-order valence-corrected chi connectivity index (χ2v) is 3.91. The van der Waals surface area contributed by atoms with Crippen molar-refractivity contribution in [3.05, 3.63) is 54.1 Å². The average molecular weight is 215 g/mol. The monoisotopic (exact) mass is 215 g/mol. The molecule has 0 aliphatic carbocycles. The lowest BCUT2D eigenvalue weighted by atomic mass is 10.2. The third kappa shape index (κ3) is 2.94. The zero-order valence-corrected chi connectivity index (χ0v) is 9.56. The average Bonchev–Trinajstić information content (AvgIpc) is 2.72. The second-order valence-electron chi connectivity index (χ2n) is 3.91. The number of aromatic nitrogens is 2. The van der Waals surface area contributed by atoms with Gasteiger partial charge in [0.2, 0.25) is 0 Å². The Morgan fingerprint density at radius 1 is 1.25 bits per heavy atom. The molecule has 0 aliphatic rings. The minimum Gasteiger partial charge on any atom is -0.338 e. The lowest BCUT2D eigenvalue weighted by Crippen LogP contribution is -2.17. The zero-order valence-electron chi connectivity index (χ0n) is 9.56. The van der Waals surface area contributed by atoms with Crippen LogP contribution in [-0.2, 0) is 20.0 Å². The SMILES string of the molecule is Cn1cncc1CCNCc1ccccc1. The Hall–Kier alpha value is -1.61. The first-order valence-electron chi connectivity index (χ1n) is 5.56. The molecule has 1 heterocycles. The first kappa shape index (κ1) is 10.9. The smallest absolute Gasteiger partial charge is 0.0945 e. The van der Waals surface area contributed by atoms with Crippen molar-refractivity contribution in [2.24, 2.45) is 7.05 Å². The van der Waals surface area contributed by atoms with Crippen LogP contribution >= 0.6 is 0 Å². The van der Waals surface area contributed by atoms with Gasteiger partial charge in [-0.3, -0.25) is 0 Å². The fourth-order valence-corrected chi connectivity index (χ4v) is 1.67. The molecule has 16 heavy (non-hydrogen) atoms. The highest BCUT2D eigenvalue weighted by Crippen LogP contribution is 1.99. The van der Waals surface area contributed by atoms with Gasteiger partial charge in [-0.1, -0.05) is 30.3 Å². The number of aryl methyl sites for hydroxylation is 1. The first-order valence-corrected chi connectivity index (χ1v) is 5.56. The Morgan fingerprint density at radius 3 is 2.75 bits per heavy atom. The third-order valence-electron chi connectivity index (χ3n) is 2.65. The van der Waals surface area contributed by atoms with Crippen molar-refractivity contribution in [2.45, 2.75) is 13.0 Å². The molecule has 84 valence electrons. The van der Waals surface area contributed by atoms with Crippen LogP contribution < -0.4 is 5.32 Å². The summed E-state index contributed by atoms with van der Waals surface area (Å²) in [6, 6.07) is 10.4. The predicted octanol–water partition coefficient (Wildman–Crippen LogP) is 1.75. The van der Waals surface area contributed by atoms with Gasteiger partial charge in [0, 0.05) is 38.4 Å². The Kier molecular flexibility index (Phi) is 3.72. The van der Waals surface area contributed by atoms with Gasteiger partial charge in [-0.05, 0) is 5.56 Å². The maximum absolute atomic E-state index is 4.09. The highest BCUT2D eigenvalue weighted by molar-refractivity contribution is 5.14. The molecule has 1 N–H and O–H groups in total. The van der Waals surface area contributed by atoms with Crippen LogP contribution in [0.2, 0.25) is 0 Å². The van der Waals surface area contributed by atoms with Gasteiger partial charge in [-0.2, -0.15) is 0 Å². The van der Waals surface area contributed by atoms with Gasteiger partial charge in [0.05, 0.1) is 6.33 Å². The Bertz CT molecular complexity index is 420. The van der Waals surface area contributed by atoms with E-state index in [9.17, 15) is 0 Å². The van der Waals surface area contributed by atoms with E-state index in [0.29, 0.717) is 0 Å². The molecule has 0 saturated heterocycles. The number of nitrogens with one attached hydrogen (secondary N) is 1. The van der Waals surface area contributed by atoms with Gasteiger partial charge in [-0.25, -0.2) is 4.98 Å². The van der Waals surface area contributed by atoms with Crippen LogP contribution in [0.25, 0.3) is 0 Å². The molecular formula is C13H17N3. The van der Waals surface area contributed by atoms with Crippen LogP contribution in [-0.4, -0.2) is 16.1 Å². The van der Waals surface area contributed by atoms with E-state index in [1.807, 2.05) is 25.6 Å². The van der Waals surface area contributed by atoms with Crippen molar-refractivity contribution in [2.75, 3.05) is 6.54 Å². The fraction of sp³-hybridized carbons (Fsp3) is 0.308. The molecule has 0 bridgehead atoms. The van der Waals surface area contributed by atoms with E-state index in [-0.39, 0.29) is 0 Å². The van der Waals surface area contributed by atoms with Crippen molar-refractivity contribution < 1.29 is 0 Å². The summed E-state index contributed by atoms with van der Waals surface area (Å²) in [5, 5.41) is 3.43. The Labute approximate surface area is 96.1 Å². The molecular weight excluding hydrogens is 198 g/mol. The molecule has 0 radical (unpaired) electrons. The van der Waals surface area contributed by atoms with E-state index < -0.39 is 0 Å². The van der Waals surface area contributed by atoms with E-state index in [4.69, 9.17) is 0 Å². The van der Waals surface area contributed by atoms with Gasteiger partial charge in [0.15, 0.2) is 0 Å². The predicted molar refractivity (Wildman–Crippen MR) is 65.1 cm³/mol. The normalized spacial score (nSPS) is 10.6. The van der Waals surface area contributed by atoms with E-state index in [1.165, 1.54) is 11.3 Å². The molecule has 0 aliphatic heterocycles. The number of nitrogens with zero attached hydrogens (tertiary/aromatic N) is 2. The molecule has 0 unspecified atom stereocenters. The number of hydrogen-bond donors (Lipinski definition) is 1. The minimum atomic E-state index is 0.929. The van der Waals surface area contributed by atoms with Crippen LogP contribution in [0, 0.1) is 0 Å². The quantitative estimate of drug-likeness (QED) is 0.770. The molecule has 1 aromatic heterocycles. The molecule has 2 aromatic rings. The van der Waals surface area contributed by atoms with Crippen LogP contribution in [0.1, 0.15) is 11.3 Å². The summed E-state index contributed by atoms with van der Waals surface area (Å²) in [5.74, 6) is 0. The zero-order chi connectivity index (χ0) is 11.2. The number of hydrogen-bond acceptors (Lipinski definition) is 2. The van der Waals surface area contributed by atoms with Gasteiger partial charge >= 0.3 is 0 Å². The van der Waals surface area contributed by atoms with Crippen molar-refractivity contribution >= 4 is 0 Å². The summed E-state index contributed by atoms with van der Waals surface area (Å²) in [7, 11) is 2.03. The lowest BCUT2D eigenvalue weighted by Gasteiger charge is -2.05. The standard InChI is InChI=1S/C13H17N3/c1-16-11-15-10-13(16)7-8-14-9-12-5-3-2-4-6-12/h2-6,10-11,14H,7-9H2,1H3. The topological polar surface area (TPSA) is 29.9 Å². The molecule has 0 spiro atoms. The van der Waals surface area contributed by atoms with Crippen molar-refractivity contribution in [3.8, 4) is 0 Å². The maximum atomic E-state index is 4.09. The van der Waals surface area contributed by atoms with Crippen molar-refractivity contribution in [1.29, 1.82) is 0 Å². The second kappa shape index (κ2) is 5.47. The molecule has 1 aromatic carbocycles. The fourth-order valence-electron chi connectivity index (χ4n) is 1.67. The van der Waals surface area contributed by atoms with Crippen LogP contribution in [0.3, 0.4) is 0 Å². The first-order chi connectivity index (χ1) is 7.86. The Morgan fingerprint density at radius 2 is 2.06 bits per heavy atom. The molecule has 3 heteroatoms. The van der Waals surface area contributed by atoms with Crippen LogP contribution in [0.4, 0.5) is 0 Å². The molecule has 0 saturated carbocycles. The number of benzene rings is 1. The van der Waals surface area contributed by atoms with E-state index in [1.54, 1.807) is 0 Å². The summed E-state index contributed by atoms with van der Waals surface area (Å²) in [5.41, 5.74) is 2.59. The van der Waals surface area contributed by atoms with E-state index in [2.05, 4.69) is 39.1 Å². The third-order valence-corrected chi connectivity index (χ3v) is 2.65. The molecule has 2 rings (SSSR count). The van der Waals surface area contributed by atoms with Gasteiger partial charge in [0.1, 0.15) is 0 Å². The molecule has 0 atom stereocenters. The van der Waals surface area contributed by atoms with Crippen LogP contribution in [0.15, 0.2) is 42.9 Å². The summed E-state index contributed by atoms with van der Waals surface area (Å²) < 4.78 is 2.06. The van der Waals surface area contributed by atoms with Crippen molar-refractivity contribution in [1.82, 2.24) is 14.9 Å². The highest BCUT2D eigenvalue weighted by atomic mass is 15.0. The molecule has 0 amide bonds. The minimum absolute atomic E-state index is 0.929. The largest absolute Gasteiger partial charge is 0.338 e. The molecule has 0 fully saturated rings. The Balaban J connectivity index is 1.72. The van der Waals surface area contributed by atoms with Gasteiger partial charge < -0.3 is 9.88 Å². The summed E-state index contributed by atoms with van der Waals surface area (Å²) in [6.45, 7) is 1.91. The lowest BCUT2D eigenvalue weighted by molar-refractivity contribution is 0.665. The molecule has 3 nitrogen and oxygen atoms in total. The maximum Gasteiger partial charge on any atom is 0.0945 e. The number of imidazole rings is 1. The van der Waals surface area contributed by atoms with E-state index >= 15 is 0 Å². The number of rotatable bonds is 5. The van der Waals surface area contributed by atoms with Gasteiger partial charge in [-0.15, -0.1) is 0 Å².